The summed E-state index contributed by atoms with van der Waals surface area (Å²) in [7, 11) is 6.50. The predicted octanol–water partition coefficient (Wildman–Crippen LogP) is 3.42. The average Bonchev–Trinajstić information content (AvgIpc) is 2.78. The molecule has 0 N–H and O–H groups in total. The Labute approximate surface area is 135 Å². The van der Waals surface area contributed by atoms with E-state index in [0.717, 1.165) is 28.0 Å². The number of hydrogen-bond acceptors (Lipinski definition) is 5. The lowest BCUT2D eigenvalue weighted by atomic mass is 9.94. The summed E-state index contributed by atoms with van der Waals surface area (Å²) in [6.07, 6.45) is 0. The van der Waals surface area contributed by atoms with Crippen LogP contribution >= 0.6 is 0 Å². The maximum Gasteiger partial charge on any atom is 0.203 e. The van der Waals surface area contributed by atoms with Gasteiger partial charge in [0.2, 0.25) is 5.75 Å². The van der Waals surface area contributed by atoms with Gasteiger partial charge in [-0.25, -0.2) is 0 Å². The molecular weight excluding hydrogens is 296 g/mol. The third-order valence-electron chi connectivity index (χ3n) is 4.01. The van der Waals surface area contributed by atoms with Gasteiger partial charge in [-0.2, -0.15) is 0 Å². The lowest BCUT2D eigenvalue weighted by Gasteiger charge is -2.19. The minimum absolute atomic E-state index is 0.475. The summed E-state index contributed by atoms with van der Waals surface area (Å²) in [5, 5.41) is 0. The summed E-state index contributed by atoms with van der Waals surface area (Å²) in [6, 6.07) is 7.89. The van der Waals surface area contributed by atoms with E-state index in [1.165, 1.54) is 0 Å². The van der Waals surface area contributed by atoms with Gasteiger partial charge in [0.05, 0.1) is 41.7 Å². The van der Waals surface area contributed by atoms with Crippen LogP contribution in [0.2, 0.25) is 0 Å². The molecule has 0 atom stereocenters. The van der Waals surface area contributed by atoms with Crippen molar-refractivity contribution in [3.63, 3.8) is 0 Å². The molecule has 0 fully saturated rings. The topological polar surface area (TPSA) is 46.2 Å². The molecule has 0 radical (unpaired) electrons. The summed E-state index contributed by atoms with van der Waals surface area (Å²) in [4.78, 5) is 0. The second-order valence-corrected chi connectivity index (χ2v) is 5.20. The summed E-state index contributed by atoms with van der Waals surface area (Å²) in [5.74, 6) is 2.66. The van der Waals surface area contributed by atoms with Gasteiger partial charge in [0, 0.05) is 5.56 Å². The molecule has 0 bridgehead atoms. The predicted molar refractivity (Wildman–Crippen MR) is 86.6 cm³/mol. The van der Waals surface area contributed by atoms with Gasteiger partial charge >= 0.3 is 0 Å². The first-order chi connectivity index (χ1) is 11.2. The number of rotatable bonds is 4. The van der Waals surface area contributed by atoms with E-state index in [2.05, 4.69) is 0 Å². The van der Waals surface area contributed by atoms with Gasteiger partial charge in [0.1, 0.15) is 5.75 Å². The van der Waals surface area contributed by atoms with Crippen LogP contribution in [0.5, 0.6) is 23.0 Å². The van der Waals surface area contributed by atoms with Gasteiger partial charge in [0.15, 0.2) is 11.5 Å². The van der Waals surface area contributed by atoms with Crippen molar-refractivity contribution in [2.45, 2.75) is 13.2 Å². The summed E-state index contributed by atoms with van der Waals surface area (Å²) < 4.78 is 27.7. The van der Waals surface area contributed by atoms with Gasteiger partial charge in [-0.3, -0.25) is 0 Å². The second-order valence-electron chi connectivity index (χ2n) is 5.20. The van der Waals surface area contributed by atoms with E-state index < -0.39 is 0 Å². The van der Waals surface area contributed by atoms with Crippen LogP contribution in [-0.4, -0.2) is 28.4 Å². The highest BCUT2D eigenvalue weighted by molar-refractivity contribution is 5.82. The van der Waals surface area contributed by atoms with E-state index in [1.54, 1.807) is 28.4 Å². The molecule has 3 rings (SSSR count). The zero-order valence-corrected chi connectivity index (χ0v) is 13.8. The van der Waals surface area contributed by atoms with Gasteiger partial charge < -0.3 is 23.7 Å². The number of hydrogen-bond donors (Lipinski definition) is 0. The minimum atomic E-state index is 0.475. The van der Waals surface area contributed by atoms with E-state index in [1.807, 2.05) is 24.3 Å². The molecule has 1 aliphatic heterocycles. The molecule has 1 aliphatic rings. The first-order valence-electron chi connectivity index (χ1n) is 7.30. The van der Waals surface area contributed by atoms with E-state index in [9.17, 15) is 0 Å². The smallest absolute Gasteiger partial charge is 0.203 e. The molecule has 0 spiro atoms. The largest absolute Gasteiger partial charge is 0.497 e. The van der Waals surface area contributed by atoms with Crippen molar-refractivity contribution < 1.29 is 23.7 Å². The van der Waals surface area contributed by atoms with Gasteiger partial charge in [0.25, 0.3) is 0 Å². The van der Waals surface area contributed by atoms with Crippen LogP contribution in [0.15, 0.2) is 24.3 Å². The van der Waals surface area contributed by atoms with E-state index >= 15 is 0 Å². The molecular formula is C18H20O5. The monoisotopic (exact) mass is 316 g/mol. The van der Waals surface area contributed by atoms with E-state index in [0.29, 0.717) is 30.5 Å². The lowest BCUT2D eigenvalue weighted by molar-refractivity contribution is 0.109. The fourth-order valence-electron chi connectivity index (χ4n) is 2.95. The first kappa shape index (κ1) is 15.5. The Morgan fingerprint density at radius 1 is 0.783 bits per heavy atom. The van der Waals surface area contributed by atoms with Crippen molar-refractivity contribution in [1.82, 2.24) is 0 Å². The standard InChI is InChI=1S/C18H20O5/c1-19-13-5-6-14-11(7-13)9-23-10-12-8-15(20-2)17(21-3)18(22-4)16(12)14/h5-8H,9-10H2,1-4H3. The van der Waals surface area contributed by atoms with Crippen molar-refractivity contribution >= 4 is 0 Å². The van der Waals surface area contributed by atoms with Crippen molar-refractivity contribution in [3.05, 3.63) is 35.4 Å². The summed E-state index contributed by atoms with van der Waals surface area (Å²) in [6.45, 7) is 0.984. The minimum Gasteiger partial charge on any atom is -0.497 e. The van der Waals surface area contributed by atoms with Crippen LogP contribution in [0.1, 0.15) is 11.1 Å². The highest BCUT2D eigenvalue weighted by atomic mass is 16.5. The Kier molecular flexibility index (Phi) is 4.30. The van der Waals surface area contributed by atoms with Crippen LogP contribution in [0.4, 0.5) is 0 Å². The third kappa shape index (κ3) is 2.57. The lowest BCUT2D eigenvalue weighted by Crippen LogP contribution is -2.00. The van der Waals surface area contributed by atoms with Crippen LogP contribution in [0, 0.1) is 0 Å². The van der Waals surface area contributed by atoms with Crippen LogP contribution in [0.3, 0.4) is 0 Å². The van der Waals surface area contributed by atoms with Gasteiger partial charge in [-0.1, -0.05) is 6.07 Å². The van der Waals surface area contributed by atoms with Crippen molar-refractivity contribution in [1.29, 1.82) is 0 Å². The molecule has 0 aromatic heterocycles. The summed E-state index contributed by atoms with van der Waals surface area (Å²) >= 11 is 0. The average molecular weight is 316 g/mol. The Morgan fingerprint density at radius 3 is 2.17 bits per heavy atom. The molecule has 0 amide bonds. The number of ether oxygens (including phenoxy) is 5. The second kappa shape index (κ2) is 6.38. The van der Waals surface area contributed by atoms with E-state index in [4.69, 9.17) is 23.7 Å². The first-order valence-corrected chi connectivity index (χ1v) is 7.30. The number of methoxy groups -OCH3 is 4. The molecule has 0 aliphatic carbocycles. The molecule has 2 aromatic rings. The van der Waals surface area contributed by atoms with Crippen molar-refractivity contribution in [2.75, 3.05) is 28.4 Å². The molecule has 5 heteroatoms. The molecule has 0 unspecified atom stereocenters. The highest BCUT2D eigenvalue weighted by Gasteiger charge is 2.25. The van der Waals surface area contributed by atoms with Crippen molar-refractivity contribution in [2.24, 2.45) is 0 Å². The quantitative estimate of drug-likeness (QED) is 0.865. The Hall–Kier alpha value is -2.40. The van der Waals surface area contributed by atoms with E-state index in [-0.39, 0.29) is 0 Å². The maximum atomic E-state index is 5.81. The van der Waals surface area contributed by atoms with Gasteiger partial charge in [-0.15, -0.1) is 0 Å². The van der Waals surface area contributed by atoms with Crippen LogP contribution in [-0.2, 0) is 18.0 Å². The van der Waals surface area contributed by atoms with Crippen LogP contribution < -0.4 is 18.9 Å². The SMILES string of the molecule is COc1ccc2c(c1)COCc1cc(OC)c(OC)c(OC)c1-2. The molecule has 1 heterocycles. The number of fused-ring (bicyclic) bond motifs is 3. The molecule has 5 nitrogen and oxygen atoms in total. The number of benzene rings is 2. The molecule has 0 saturated carbocycles. The normalized spacial score (nSPS) is 12.7. The fourth-order valence-corrected chi connectivity index (χ4v) is 2.95. The zero-order chi connectivity index (χ0) is 16.4. The molecule has 23 heavy (non-hydrogen) atoms. The van der Waals surface area contributed by atoms with Gasteiger partial charge in [-0.05, 0) is 34.9 Å². The summed E-state index contributed by atoms with van der Waals surface area (Å²) in [5.41, 5.74) is 4.08. The Morgan fingerprint density at radius 2 is 1.52 bits per heavy atom. The zero-order valence-electron chi connectivity index (χ0n) is 13.8. The van der Waals surface area contributed by atoms with Crippen molar-refractivity contribution in [3.8, 4) is 34.1 Å². The maximum absolute atomic E-state index is 5.81. The molecule has 0 saturated heterocycles. The third-order valence-corrected chi connectivity index (χ3v) is 4.01. The highest BCUT2D eigenvalue weighted by Crippen LogP contribution is 2.49. The Balaban J connectivity index is 2.30. The molecule has 2 aromatic carbocycles. The fraction of sp³-hybridized carbons (Fsp3) is 0.333. The molecule has 122 valence electrons. The van der Waals surface area contributed by atoms with Crippen LogP contribution in [0.25, 0.3) is 11.1 Å². The Bertz CT molecular complexity index is 724.